The summed E-state index contributed by atoms with van der Waals surface area (Å²) >= 11 is 0. The van der Waals surface area contributed by atoms with Crippen LogP contribution in [-0.4, -0.2) is 45.5 Å². The predicted molar refractivity (Wildman–Crippen MR) is 102 cm³/mol. The van der Waals surface area contributed by atoms with E-state index in [0.29, 0.717) is 22.5 Å². The normalized spacial score (nSPS) is 10.5. The molecule has 1 aromatic carbocycles. The van der Waals surface area contributed by atoms with Gasteiger partial charge in [0.2, 0.25) is 0 Å². The molecule has 2 heterocycles. The maximum atomic E-state index is 12.4. The summed E-state index contributed by atoms with van der Waals surface area (Å²) in [4.78, 5) is 28.7. The number of esters is 2. The second-order valence-corrected chi connectivity index (χ2v) is 5.89. The molecule has 0 aliphatic carbocycles. The number of aromatic amines is 1. The van der Waals surface area contributed by atoms with Gasteiger partial charge in [0.05, 0.1) is 24.5 Å². The first-order valence-electron chi connectivity index (χ1n) is 8.88. The monoisotopic (exact) mass is 380 g/mol. The summed E-state index contributed by atoms with van der Waals surface area (Å²) in [6.07, 6.45) is 1.65. The minimum absolute atomic E-state index is 0.121. The number of hydrogen-bond acceptors (Lipinski definition) is 7. The Labute approximate surface area is 161 Å². The number of nitrogens with zero attached hydrogens (tertiary/aromatic N) is 3. The van der Waals surface area contributed by atoms with Crippen LogP contribution in [0.2, 0.25) is 0 Å². The molecule has 3 rings (SSSR count). The third-order valence-electron chi connectivity index (χ3n) is 4.09. The van der Waals surface area contributed by atoms with Gasteiger partial charge in [0.25, 0.3) is 0 Å². The Morgan fingerprint density at radius 2 is 1.50 bits per heavy atom. The topological polar surface area (TPSA) is 107 Å². The van der Waals surface area contributed by atoms with Crippen LogP contribution in [-0.2, 0) is 9.47 Å². The number of carbonyl (C=O) groups excluding carboxylic acids is 2. The fraction of sp³-hybridized carbons (Fsp3) is 0.250. The van der Waals surface area contributed by atoms with Gasteiger partial charge in [0.1, 0.15) is 5.69 Å². The summed E-state index contributed by atoms with van der Waals surface area (Å²) in [5.74, 6) is -0.950. The lowest BCUT2D eigenvalue weighted by molar-refractivity contribution is 0.0513. The van der Waals surface area contributed by atoms with Crippen molar-refractivity contribution in [2.24, 2.45) is 0 Å². The number of pyridine rings is 1. The van der Waals surface area contributed by atoms with Gasteiger partial charge in [0, 0.05) is 17.3 Å². The van der Waals surface area contributed by atoms with Crippen LogP contribution in [0.4, 0.5) is 0 Å². The molecule has 2 aromatic heterocycles. The number of aryl methyl sites for hydroxylation is 1. The number of rotatable bonds is 6. The smallest absolute Gasteiger partial charge is 0.361 e. The van der Waals surface area contributed by atoms with Gasteiger partial charge < -0.3 is 9.47 Å². The fourth-order valence-electron chi connectivity index (χ4n) is 2.80. The van der Waals surface area contributed by atoms with Gasteiger partial charge in [-0.05, 0) is 32.4 Å². The molecule has 1 N–H and O–H groups in total. The SMILES string of the molecule is CCOC(=O)c1n[nH]nc1-c1ccc(-c2nccc(C)c2C(=O)OCC)cc1. The Hall–Kier alpha value is -3.55. The van der Waals surface area contributed by atoms with Crippen molar-refractivity contribution in [1.82, 2.24) is 20.4 Å². The molecule has 0 unspecified atom stereocenters. The van der Waals surface area contributed by atoms with Gasteiger partial charge in [-0.15, -0.1) is 5.10 Å². The summed E-state index contributed by atoms with van der Waals surface area (Å²) in [6.45, 7) is 5.86. The zero-order chi connectivity index (χ0) is 20.1. The highest BCUT2D eigenvalue weighted by Gasteiger charge is 2.21. The van der Waals surface area contributed by atoms with E-state index < -0.39 is 11.9 Å². The molecule has 3 aromatic rings. The van der Waals surface area contributed by atoms with Crippen molar-refractivity contribution in [3.8, 4) is 22.5 Å². The molecule has 0 spiro atoms. The number of carbonyl (C=O) groups is 2. The van der Waals surface area contributed by atoms with Crippen molar-refractivity contribution in [1.29, 1.82) is 0 Å². The lowest BCUT2D eigenvalue weighted by atomic mass is 10.00. The summed E-state index contributed by atoms with van der Waals surface area (Å²) in [5.41, 5.74) is 3.71. The van der Waals surface area contributed by atoms with Crippen LogP contribution in [0.15, 0.2) is 36.5 Å². The lowest BCUT2D eigenvalue weighted by Gasteiger charge is -2.11. The third kappa shape index (κ3) is 3.75. The molecular formula is C20H20N4O4. The van der Waals surface area contributed by atoms with Gasteiger partial charge >= 0.3 is 11.9 Å². The second-order valence-electron chi connectivity index (χ2n) is 5.89. The predicted octanol–water partition coefficient (Wildman–Crippen LogP) is 3.20. The van der Waals surface area contributed by atoms with Crippen molar-refractivity contribution in [3.63, 3.8) is 0 Å². The zero-order valence-electron chi connectivity index (χ0n) is 15.9. The van der Waals surface area contributed by atoms with Crippen molar-refractivity contribution in [2.75, 3.05) is 13.2 Å². The van der Waals surface area contributed by atoms with E-state index in [1.807, 2.05) is 19.1 Å². The Balaban J connectivity index is 1.97. The molecule has 0 saturated heterocycles. The second kappa shape index (κ2) is 8.43. The molecule has 0 amide bonds. The van der Waals surface area contributed by atoms with Crippen LogP contribution < -0.4 is 0 Å². The van der Waals surface area contributed by atoms with Crippen molar-refractivity contribution >= 4 is 11.9 Å². The van der Waals surface area contributed by atoms with E-state index in [-0.39, 0.29) is 18.9 Å². The lowest BCUT2D eigenvalue weighted by Crippen LogP contribution is -2.09. The first kappa shape index (κ1) is 19.2. The maximum absolute atomic E-state index is 12.4. The largest absolute Gasteiger partial charge is 0.462 e. The van der Waals surface area contributed by atoms with Crippen LogP contribution in [0.3, 0.4) is 0 Å². The molecule has 0 radical (unpaired) electrons. The van der Waals surface area contributed by atoms with E-state index >= 15 is 0 Å². The Morgan fingerprint density at radius 1 is 0.893 bits per heavy atom. The Kier molecular flexibility index (Phi) is 5.78. The van der Waals surface area contributed by atoms with Gasteiger partial charge in [-0.2, -0.15) is 10.3 Å². The third-order valence-corrected chi connectivity index (χ3v) is 4.09. The van der Waals surface area contributed by atoms with E-state index in [1.54, 1.807) is 38.2 Å². The van der Waals surface area contributed by atoms with Crippen LogP contribution >= 0.6 is 0 Å². The fourth-order valence-corrected chi connectivity index (χ4v) is 2.80. The summed E-state index contributed by atoms with van der Waals surface area (Å²) in [7, 11) is 0. The highest BCUT2D eigenvalue weighted by atomic mass is 16.5. The first-order valence-corrected chi connectivity index (χ1v) is 8.88. The molecule has 144 valence electrons. The average Bonchev–Trinajstić information content (AvgIpc) is 3.18. The van der Waals surface area contributed by atoms with E-state index in [1.165, 1.54) is 0 Å². The van der Waals surface area contributed by atoms with Crippen molar-refractivity contribution < 1.29 is 19.1 Å². The number of benzene rings is 1. The van der Waals surface area contributed by atoms with Crippen molar-refractivity contribution in [3.05, 3.63) is 53.3 Å². The zero-order valence-corrected chi connectivity index (χ0v) is 15.9. The molecule has 28 heavy (non-hydrogen) atoms. The van der Waals surface area contributed by atoms with E-state index in [2.05, 4.69) is 20.4 Å². The van der Waals surface area contributed by atoms with E-state index in [9.17, 15) is 9.59 Å². The van der Waals surface area contributed by atoms with E-state index in [4.69, 9.17) is 9.47 Å². The van der Waals surface area contributed by atoms with Crippen LogP contribution in [0.25, 0.3) is 22.5 Å². The number of hydrogen-bond donors (Lipinski definition) is 1. The molecule has 0 fully saturated rings. The summed E-state index contributed by atoms with van der Waals surface area (Å²) in [6, 6.07) is 8.96. The Bertz CT molecular complexity index is 996. The molecule has 0 bridgehead atoms. The molecule has 0 aliphatic rings. The molecular weight excluding hydrogens is 360 g/mol. The molecule has 0 atom stereocenters. The quantitative estimate of drug-likeness (QED) is 0.654. The highest BCUT2D eigenvalue weighted by Crippen LogP contribution is 2.28. The highest BCUT2D eigenvalue weighted by molar-refractivity contribution is 5.98. The number of H-pyrrole nitrogens is 1. The van der Waals surface area contributed by atoms with Gasteiger partial charge in [-0.25, -0.2) is 9.59 Å². The number of ether oxygens (including phenoxy) is 2. The Morgan fingerprint density at radius 3 is 2.14 bits per heavy atom. The average molecular weight is 380 g/mol. The van der Waals surface area contributed by atoms with Crippen molar-refractivity contribution in [2.45, 2.75) is 20.8 Å². The van der Waals surface area contributed by atoms with Crippen LogP contribution in [0.5, 0.6) is 0 Å². The number of aromatic nitrogens is 4. The van der Waals surface area contributed by atoms with Gasteiger partial charge in [0.15, 0.2) is 5.69 Å². The summed E-state index contributed by atoms with van der Waals surface area (Å²) < 4.78 is 10.2. The summed E-state index contributed by atoms with van der Waals surface area (Å²) in [5, 5.41) is 10.4. The van der Waals surface area contributed by atoms with Crippen LogP contribution in [0.1, 0.15) is 40.3 Å². The number of nitrogens with one attached hydrogen (secondary N) is 1. The van der Waals surface area contributed by atoms with Gasteiger partial charge in [-0.3, -0.25) is 4.98 Å². The molecule has 8 heteroatoms. The van der Waals surface area contributed by atoms with Crippen LogP contribution in [0, 0.1) is 6.92 Å². The standard InChI is InChI=1S/C20H20N4O4/c1-4-27-19(25)15-12(3)10-11-21-16(15)13-6-8-14(9-7-13)17-18(23-24-22-17)20(26)28-5-2/h6-11H,4-5H2,1-3H3,(H,22,23,24). The van der Waals surface area contributed by atoms with Gasteiger partial charge in [-0.1, -0.05) is 24.3 Å². The van der Waals surface area contributed by atoms with E-state index in [0.717, 1.165) is 11.1 Å². The minimum atomic E-state index is -0.541. The first-order chi connectivity index (χ1) is 13.6. The maximum Gasteiger partial charge on any atom is 0.361 e. The molecule has 0 saturated carbocycles. The minimum Gasteiger partial charge on any atom is -0.462 e. The molecule has 0 aliphatic heterocycles. The molecule has 8 nitrogen and oxygen atoms in total.